The third-order valence-corrected chi connectivity index (χ3v) is 7.55. The summed E-state index contributed by atoms with van der Waals surface area (Å²) in [6.07, 6.45) is 11.7. The minimum Gasteiger partial charge on any atom is -0.383 e. The molecule has 3 aromatic heterocycles. The molecule has 0 radical (unpaired) electrons. The van der Waals surface area contributed by atoms with E-state index in [4.69, 9.17) is 5.10 Å². The minimum atomic E-state index is -1.04. The third kappa shape index (κ3) is 3.86. The number of carbonyl (C=O) groups excluding carboxylic acids is 1. The van der Waals surface area contributed by atoms with Crippen molar-refractivity contribution in [2.75, 3.05) is 31.1 Å². The van der Waals surface area contributed by atoms with Crippen LogP contribution in [0.1, 0.15) is 65.7 Å². The van der Waals surface area contributed by atoms with Crippen molar-refractivity contribution in [2.24, 2.45) is 0 Å². The molecule has 3 aliphatic rings. The van der Waals surface area contributed by atoms with Crippen LogP contribution in [0.2, 0.25) is 0 Å². The summed E-state index contributed by atoms with van der Waals surface area (Å²) in [6.45, 7) is 2.68. The average Bonchev–Trinajstić information content (AvgIpc) is 3.51. The zero-order valence-corrected chi connectivity index (χ0v) is 19.3. The molecule has 1 aliphatic carbocycles. The highest BCUT2D eigenvalue weighted by atomic mass is 16.3. The molecule has 0 spiro atoms. The number of anilines is 1. The summed E-state index contributed by atoms with van der Waals surface area (Å²) in [4.78, 5) is 26.3. The maximum atomic E-state index is 13.6. The molecule has 2 aliphatic heterocycles. The van der Waals surface area contributed by atoms with Crippen molar-refractivity contribution in [1.82, 2.24) is 24.6 Å². The van der Waals surface area contributed by atoms with Gasteiger partial charge in [-0.25, -0.2) is 4.98 Å². The van der Waals surface area contributed by atoms with E-state index in [1.54, 1.807) is 23.5 Å². The Balaban J connectivity index is 1.19. The normalized spacial score (nSPS) is 23.4. The van der Waals surface area contributed by atoms with Gasteiger partial charge in [0.15, 0.2) is 0 Å². The van der Waals surface area contributed by atoms with E-state index in [1.807, 2.05) is 30.5 Å². The molecule has 1 amide bonds. The third-order valence-electron chi connectivity index (χ3n) is 7.55. The van der Waals surface area contributed by atoms with Gasteiger partial charge in [0.2, 0.25) is 0 Å². The lowest BCUT2D eigenvalue weighted by atomic mass is 9.95. The van der Waals surface area contributed by atoms with Crippen molar-refractivity contribution in [1.29, 1.82) is 0 Å². The van der Waals surface area contributed by atoms with E-state index < -0.39 is 5.60 Å². The van der Waals surface area contributed by atoms with Crippen LogP contribution in [-0.2, 0) is 5.60 Å². The van der Waals surface area contributed by atoms with Gasteiger partial charge >= 0.3 is 0 Å². The summed E-state index contributed by atoms with van der Waals surface area (Å²) < 4.78 is 2.14. The van der Waals surface area contributed by atoms with Gasteiger partial charge in [0.05, 0.1) is 30.0 Å². The molecule has 1 atom stereocenters. The van der Waals surface area contributed by atoms with Crippen molar-refractivity contribution in [3.05, 3.63) is 71.9 Å². The van der Waals surface area contributed by atoms with E-state index in [2.05, 4.69) is 25.6 Å². The molecule has 1 saturated carbocycles. The molecule has 0 bridgehead atoms. The summed E-state index contributed by atoms with van der Waals surface area (Å²) in [7, 11) is 0. The van der Waals surface area contributed by atoms with Gasteiger partial charge in [-0.2, -0.15) is 5.10 Å². The van der Waals surface area contributed by atoms with Crippen molar-refractivity contribution in [3.63, 3.8) is 0 Å². The summed E-state index contributed by atoms with van der Waals surface area (Å²) >= 11 is 0. The SMILES string of the molecule is O=C(c1cnn(C2CCN(c3ccccn3)CC2)c1C1CC1)N1CCC(O)(c2cccnc2)C1. The van der Waals surface area contributed by atoms with Gasteiger partial charge in [-0.3, -0.25) is 14.5 Å². The fourth-order valence-corrected chi connectivity index (χ4v) is 5.48. The van der Waals surface area contributed by atoms with Crippen LogP contribution < -0.4 is 4.90 Å². The Hall–Kier alpha value is -3.26. The first-order chi connectivity index (χ1) is 16.6. The van der Waals surface area contributed by atoms with Crippen molar-refractivity contribution in [2.45, 2.75) is 49.7 Å². The van der Waals surface area contributed by atoms with Crippen molar-refractivity contribution < 1.29 is 9.90 Å². The topological polar surface area (TPSA) is 87.4 Å². The van der Waals surface area contributed by atoms with Gasteiger partial charge in [-0.15, -0.1) is 0 Å². The maximum Gasteiger partial charge on any atom is 0.257 e. The van der Waals surface area contributed by atoms with Gasteiger partial charge in [-0.1, -0.05) is 12.1 Å². The standard InChI is InChI=1S/C26H30N6O2/c33-25(31-15-10-26(34,18-31)20-4-3-11-27-16-20)22-17-29-32(24(22)19-6-7-19)21-8-13-30(14-9-21)23-5-1-2-12-28-23/h1-5,11-12,16-17,19,21,34H,6-10,13-15,18H2. The quantitative estimate of drug-likeness (QED) is 0.632. The summed E-state index contributed by atoms with van der Waals surface area (Å²) in [5.41, 5.74) is 1.53. The zero-order valence-electron chi connectivity index (χ0n) is 19.3. The van der Waals surface area contributed by atoms with Crippen LogP contribution in [0.3, 0.4) is 0 Å². The van der Waals surface area contributed by atoms with Gasteiger partial charge in [-0.05, 0) is 50.3 Å². The molecule has 3 fully saturated rings. The van der Waals surface area contributed by atoms with Crippen LogP contribution in [-0.4, -0.2) is 61.8 Å². The molecule has 8 nitrogen and oxygen atoms in total. The predicted octanol–water partition coefficient (Wildman–Crippen LogP) is 3.13. The van der Waals surface area contributed by atoms with Crippen molar-refractivity contribution in [3.8, 4) is 0 Å². The smallest absolute Gasteiger partial charge is 0.257 e. The highest BCUT2D eigenvalue weighted by molar-refractivity contribution is 5.95. The molecule has 2 saturated heterocycles. The Kier molecular flexibility index (Phi) is 5.32. The molecule has 1 N–H and O–H groups in total. The summed E-state index contributed by atoms with van der Waals surface area (Å²) in [5, 5.41) is 15.9. The van der Waals surface area contributed by atoms with Crippen LogP contribution in [0, 0.1) is 0 Å². The highest BCUT2D eigenvalue weighted by Gasteiger charge is 2.42. The minimum absolute atomic E-state index is 0.0149. The van der Waals surface area contributed by atoms with Crippen LogP contribution >= 0.6 is 0 Å². The largest absolute Gasteiger partial charge is 0.383 e. The zero-order chi connectivity index (χ0) is 23.1. The fourth-order valence-electron chi connectivity index (χ4n) is 5.48. The van der Waals surface area contributed by atoms with Crippen molar-refractivity contribution >= 4 is 11.7 Å². The second-order valence-corrected chi connectivity index (χ2v) is 9.82. The molecule has 1 unspecified atom stereocenters. The number of piperidine rings is 1. The molecular weight excluding hydrogens is 428 g/mol. The maximum absolute atomic E-state index is 13.6. The van der Waals surface area contributed by atoms with Crippen LogP contribution in [0.15, 0.2) is 55.1 Å². The van der Waals surface area contributed by atoms with E-state index in [0.717, 1.165) is 55.8 Å². The number of pyridine rings is 2. The lowest BCUT2D eigenvalue weighted by Gasteiger charge is -2.33. The number of nitrogens with zero attached hydrogens (tertiary/aromatic N) is 6. The fraction of sp³-hybridized carbons (Fsp3) is 0.462. The Morgan fingerprint density at radius 3 is 2.56 bits per heavy atom. The summed E-state index contributed by atoms with van der Waals surface area (Å²) in [6, 6.07) is 10.0. The van der Waals surface area contributed by atoms with E-state index >= 15 is 0 Å². The van der Waals surface area contributed by atoms with E-state index in [9.17, 15) is 9.90 Å². The number of amides is 1. The van der Waals surface area contributed by atoms with E-state index in [-0.39, 0.29) is 12.5 Å². The number of likely N-dealkylation sites (tertiary alicyclic amines) is 1. The second-order valence-electron chi connectivity index (χ2n) is 9.82. The predicted molar refractivity (Wildman–Crippen MR) is 128 cm³/mol. The van der Waals surface area contributed by atoms with Gasteiger partial charge in [0.1, 0.15) is 11.4 Å². The second kappa shape index (κ2) is 8.51. The number of aromatic nitrogens is 4. The average molecular weight is 459 g/mol. The number of rotatable bonds is 5. The van der Waals surface area contributed by atoms with Gasteiger partial charge < -0.3 is 14.9 Å². The first-order valence-corrected chi connectivity index (χ1v) is 12.3. The van der Waals surface area contributed by atoms with E-state index in [1.165, 1.54) is 0 Å². The van der Waals surface area contributed by atoms with Gasteiger partial charge in [0, 0.05) is 49.7 Å². The number of carbonyl (C=O) groups is 1. The molecule has 6 rings (SSSR count). The van der Waals surface area contributed by atoms with Crippen LogP contribution in [0.5, 0.6) is 0 Å². The molecule has 176 valence electrons. The first kappa shape index (κ1) is 21.3. The van der Waals surface area contributed by atoms with Crippen LogP contribution in [0.4, 0.5) is 5.82 Å². The Morgan fingerprint density at radius 2 is 1.85 bits per heavy atom. The number of hydrogen-bond donors (Lipinski definition) is 1. The number of β-amino-alcohol motifs (C(OH)–C–C–N with tert-alkyl or cyclic N) is 1. The Bertz CT molecular complexity index is 1150. The van der Waals surface area contributed by atoms with Gasteiger partial charge in [0.25, 0.3) is 5.91 Å². The molecule has 34 heavy (non-hydrogen) atoms. The number of aliphatic hydroxyl groups is 1. The summed E-state index contributed by atoms with van der Waals surface area (Å²) in [5.74, 6) is 1.42. The Morgan fingerprint density at radius 1 is 1.00 bits per heavy atom. The van der Waals surface area contributed by atoms with Crippen LogP contribution in [0.25, 0.3) is 0 Å². The molecule has 3 aromatic rings. The first-order valence-electron chi connectivity index (χ1n) is 12.3. The molecule has 8 heteroatoms. The number of hydrogen-bond acceptors (Lipinski definition) is 6. The lowest BCUT2D eigenvalue weighted by Crippen LogP contribution is -2.36. The lowest BCUT2D eigenvalue weighted by molar-refractivity contribution is 0.0414. The Labute approximate surface area is 199 Å². The highest BCUT2D eigenvalue weighted by Crippen LogP contribution is 2.44. The monoisotopic (exact) mass is 458 g/mol. The van der Waals surface area contributed by atoms with E-state index in [0.29, 0.717) is 30.5 Å². The molecular formula is C26H30N6O2. The molecule has 0 aromatic carbocycles. The molecule has 5 heterocycles.